The molecular weight excluding hydrogens is 372 g/mol. The summed E-state index contributed by atoms with van der Waals surface area (Å²) in [5, 5.41) is 5.73. The van der Waals surface area contributed by atoms with Crippen LogP contribution in [0.3, 0.4) is 0 Å². The Balaban J connectivity index is 1.52. The van der Waals surface area contributed by atoms with Gasteiger partial charge in [-0.2, -0.15) is 0 Å². The van der Waals surface area contributed by atoms with E-state index in [0.717, 1.165) is 42.6 Å². The smallest absolute Gasteiger partial charge is 0.262 e. The molecule has 0 spiro atoms. The van der Waals surface area contributed by atoms with Crippen molar-refractivity contribution in [3.63, 3.8) is 0 Å². The zero-order valence-corrected chi connectivity index (χ0v) is 16.3. The molecule has 1 aromatic rings. The van der Waals surface area contributed by atoms with Crippen LogP contribution in [0.5, 0.6) is 0 Å². The Labute approximate surface area is 169 Å². The lowest BCUT2D eigenvalue weighted by Gasteiger charge is -2.27. The Bertz CT molecular complexity index is 868. The van der Waals surface area contributed by atoms with Gasteiger partial charge in [-0.25, -0.2) is 0 Å². The molecular formula is C21H26N4O4. The number of hydrogen-bond acceptors (Lipinski definition) is 6. The Morgan fingerprint density at radius 2 is 1.86 bits per heavy atom. The second kappa shape index (κ2) is 8.04. The number of nitrogens with two attached hydrogens (primary N) is 1. The number of amides is 4. The monoisotopic (exact) mass is 398 g/mol. The topological polar surface area (TPSA) is 122 Å². The van der Waals surface area contributed by atoms with Gasteiger partial charge in [-0.3, -0.25) is 29.4 Å². The van der Waals surface area contributed by atoms with Gasteiger partial charge >= 0.3 is 0 Å². The fourth-order valence-electron chi connectivity index (χ4n) is 4.52. The predicted molar refractivity (Wildman–Crippen MR) is 105 cm³/mol. The lowest BCUT2D eigenvalue weighted by molar-refractivity contribution is -0.136. The van der Waals surface area contributed by atoms with Crippen molar-refractivity contribution < 1.29 is 19.2 Å². The number of rotatable bonds is 4. The molecule has 2 aliphatic heterocycles. The van der Waals surface area contributed by atoms with E-state index in [1.807, 2.05) is 6.07 Å². The molecule has 0 aromatic heterocycles. The van der Waals surface area contributed by atoms with Gasteiger partial charge in [0, 0.05) is 25.0 Å². The maximum absolute atomic E-state index is 13.1. The molecule has 1 aromatic carbocycles. The summed E-state index contributed by atoms with van der Waals surface area (Å²) in [6, 6.07) is 4.87. The minimum absolute atomic E-state index is 0.113. The molecule has 4 rings (SSSR count). The van der Waals surface area contributed by atoms with Gasteiger partial charge in [-0.05, 0) is 43.7 Å². The molecule has 3 unspecified atom stereocenters. The Hall–Kier alpha value is -2.58. The average molecular weight is 398 g/mol. The number of nitrogens with zero attached hydrogens (tertiary/aromatic N) is 1. The molecule has 2 fully saturated rings. The minimum atomic E-state index is -0.941. The van der Waals surface area contributed by atoms with E-state index in [2.05, 4.69) is 10.6 Å². The van der Waals surface area contributed by atoms with Crippen LogP contribution in [0.1, 0.15) is 71.2 Å². The maximum atomic E-state index is 13.1. The van der Waals surface area contributed by atoms with Gasteiger partial charge in [-0.15, -0.1) is 0 Å². The molecule has 8 nitrogen and oxygen atoms in total. The number of nitrogens with one attached hydrogen (secondary N) is 2. The van der Waals surface area contributed by atoms with Crippen LogP contribution in [0.4, 0.5) is 0 Å². The highest BCUT2D eigenvalue weighted by atomic mass is 16.2. The van der Waals surface area contributed by atoms with Crippen LogP contribution in [-0.2, 0) is 16.1 Å². The van der Waals surface area contributed by atoms with Gasteiger partial charge in [0.15, 0.2) is 0 Å². The van der Waals surface area contributed by atoms with Crippen LogP contribution in [0.25, 0.3) is 0 Å². The first kappa shape index (κ1) is 19.7. The van der Waals surface area contributed by atoms with Crippen LogP contribution in [0.2, 0.25) is 0 Å². The predicted octanol–water partition coefficient (Wildman–Crippen LogP) is 0.837. The second-order valence-electron chi connectivity index (χ2n) is 8.13. The van der Waals surface area contributed by atoms with Crippen molar-refractivity contribution in [2.24, 2.45) is 5.73 Å². The third-order valence-corrected chi connectivity index (χ3v) is 6.15. The van der Waals surface area contributed by atoms with E-state index in [1.54, 1.807) is 12.1 Å². The largest absolute Gasteiger partial charge is 0.328 e. The Morgan fingerprint density at radius 1 is 1.03 bits per heavy atom. The molecule has 2 heterocycles. The SMILES string of the molecule is NC1CCCC(NCc2cccc3c2C(=O)N(C2CCC(=O)NC2=O)C3=O)CC1. The van der Waals surface area contributed by atoms with Crippen molar-refractivity contribution in [2.75, 3.05) is 0 Å². The van der Waals surface area contributed by atoms with E-state index in [-0.39, 0.29) is 24.8 Å². The number of piperidine rings is 1. The second-order valence-corrected chi connectivity index (χ2v) is 8.13. The molecule has 154 valence electrons. The van der Waals surface area contributed by atoms with Crippen LogP contribution in [-0.4, -0.2) is 46.7 Å². The summed E-state index contributed by atoms with van der Waals surface area (Å²) in [7, 11) is 0. The van der Waals surface area contributed by atoms with Crippen molar-refractivity contribution in [3.8, 4) is 0 Å². The van der Waals surface area contributed by atoms with Gasteiger partial charge in [0.1, 0.15) is 6.04 Å². The fraction of sp³-hybridized carbons (Fsp3) is 0.524. The van der Waals surface area contributed by atoms with Crippen LogP contribution < -0.4 is 16.4 Å². The lowest BCUT2D eigenvalue weighted by Crippen LogP contribution is -2.54. The number of carbonyl (C=O) groups is 4. The molecule has 4 amide bonds. The first-order valence-electron chi connectivity index (χ1n) is 10.3. The van der Waals surface area contributed by atoms with Crippen molar-refractivity contribution in [2.45, 2.75) is 69.6 Å². The zero-order chi connectivity index (χ0) is 20.5. The number of fused-ring (bicyclic) bond motifs is 1. The summed E-state index contributed by atoms with van der Waals surface area (Å²) in [6.45, 7) is 0.477. The van der Waals surface area contributed by atoms with E-state index in [4.69, 9.17) is 5.73 Å². The van der Waals surface area contributed by atoms with Crippen LogP contribution >= 0.6 is 0 Å². The fourth-order valence-corrected chi connectivity index (χ4v) is 4.52. The summed E-state index contributed by atoms with van der Waals surface area (Å²) in [4.78, 5) is 50.6. The van der Waals surface area contributed by atoms with E-state index in [9.17, 15) is 19.2 Å². The highest BCUT2D eigenvalue weighted by Gasteiger charge is 2.45. The van der Waals surface area contributed by atoms with Gasteiger partial charge < -0.3 is 11.1 Å². The van der Waals surface area contributed by atoms with E-state index in [1.165, 1.54) is 0 Å². The first-order valence-corrected chi connectivity index (χ1v) is 10.3. The van der Waals surface area contributed by atoms with Crippen molar-refractivity contribution >= 4 is 23.6 Å². The molecule has 0 radical (unpaired) electrons. The Kier molecular flexibility index (Phi) is 5.47. The van der Waals surface area contributed by atoms with Gasteiger partial charge in [0.05, 0.1) is 11.1 Å². The Morgan fingerprint density at radius 3 is 2.66 bits per heavy atom. The summed E-state index contributed by atoms with van der Waals surface area (Å²) in [6.07, 6.45) is 5.39. The molecule has 4 N–H and O–H groups in total. The highest BCUT2D eigenvalue weighted by molar-refractivity contribution is 6.24. The number of hydrogen-bond donors (Lipinski definition) is 3. The quantitative estimate of drug-likeness (QED) is 0.510. The zero-order valence-electron chi connectivity index (χ0n) is 16.3. The van der Waals surface area contributed by atoms with Crippen molar-refractivity contribution in [3.05, 3.63) is 34.9 Å². The summed E-state index contributed by atoms with van der Waals surface area (Å²) >= 11 is 0. The van der Waals surface area contributed by atoms with E-state index in [0.29, 0.717) is 23.7 Å². The van der Waals surface area contributed by atoms with Gasteiger partial charge in [0.25, 0.3) is 11.8 Å². The standard InChI is InChI=1S/C21H26N4O4/c22-13-4-2-5-14(8-7-13)23-11-12-3-1-6-15-18(12)21(29)25(20(15)28)16-9-10-17(26)24-19(16)27/h1,3,6,13-14,16,23H,2,4-5,7-11,22H2,(H,24,26,27). The molecule has 3 aliphatic rings. The van der Waals surface area contributed by atoms with E-state index < -0.39 is 23.8 Å². The van der Waals surface area contributed by atoms with Crippen LogP contribution in [0, 0.1) is 0 Å². The third-order valence-electron chi connectivity index (χ3n) is 6.15. The van der Waals surface area contributed by atoms with Gasteiger partial charge in [0.2, 0.25) is 11.8 Å². The average Bonchev–Trinajstić information content (AvgIpc) is 2.83. The lowest BCUT2D eigenvalue weighted by atomic mass is 10.0. The van der Waals surface area contributed by atoms with Crippen molar-refractivity contribution in [1.29, 1.82) is 0 Å². The maximum Gasteiger partial charge on any atom is 0.262 e. The van der Waals surface area contributed by atoms with E-state index >= 15 is 0 Å². The molecule has 0 bridgehead atoms. The molecule has 3 atom stereocenters. The summed E-state index contributed by atoms with van der Waals surface area (Å²) in [5.41, 5.74) is 7.48. The first-order chi connectivity index (χ1) is 14.0. The minimum Gasteiger partial charge on any atom is -0.328 e. The van der Waals surface area contributed by atoms with Crippen LogP contribution in [0.15, 0.2) is 18.2 Å². The number of imide groups is 2. The third kappa shape index (κ3) is 3.82. The number of benzene rings is 1. The summed E-state index contributed by atoms with van der Waals surface area (Å²) < 4.78 is 0. The van der Waals surface area contributed by atoms with Crippen molar-refractivity contribution in [1.82, 2.24) is 15.5 Å². The normalized spacial score (nSPS) is 27.6. The molecule has 29 heavy (non-hydrogen) atoms. The molecule has 1 aliphatic carbocycles. The number of carbonyl (C=O) groups excluding carboxylic acids is 4. The molecule has 1 saturated heterocycles. The molecule has 1 saturated carbocycles. The van der Waals surface area contributed by atoms with Gasteiger partial charge in [-0.1, -0.05) is 18.6 Å². The summed E-state index contributed by atoms with van der Waals surface area (Å²) in [5.74, 6) is -1.90. The highest BCUT2D eigenvalue weighted by Crippen LogP contribution is 2.30. The molecule has 8 heteroatoms.